The summed E-state index contributed by atoms with van der Waals surface area (Å²) in [6.45, 7) is -0.153. The minimum absolute atomic E-state index is 0.153. The van der Waals surface area contributed by atoms with Gasteiger partial charge < -0.3 is 9.47 Å². The van der Waals surface area contributed by atoms with E-state index < -0.39 is 29.4 Å². The van der Waals surface area contributed by atoms with Crippen LogP contribution in [0.4, 0.5) is 13.2 Å². The number of ether oxygens (including phenoxy) is 2. The van der Waals surface area contributed by atoms with Gasteiger partial charge in [-0.25, -0.2) is 14.3 Å². The smallest absolute Gasteiger partial charge is 0.419 e. The molecule has 0 saturated carbocycles. The summed E-state index contributed by atoms with van der Waals surface area (Å²) in [4.78, 5) is 24.6. The average molecular weight is 385 g/mol. The second kappa shape index (κ2) is 7.09. The molecule has 7 nitrogen and oxygen atoms in total. The Balaban J connectivity index is 1.97. The Bertz CT molecular complexity index is 917. The molecule has 1 aromatic heterocycles. The third kappa shape index (κ3) is 3.56. The van der Waals surface area contributed by atoms with Gasteiger partial charge in [0, 0.05) is 6.42 Å². The van der Waals surface area contributed by atoms with E-state index in [9.17, 15) is 22.8 Å². The van der Waals surface area contributed by atoms with Crippen LogP contribution in [-0.2, 0) is 28.7 Å². The molecule has 0 radical (unpaired) electrons. The molecular weight excluding hydrogens is 367 g/mol. The van der Waals surface area contributed by atoms with E-state index >= 15 is 0 Å². The Hall–Kier alpha value is -2.78. The number of hydrogen-bond donors (Lipinski definition) is 0. The van der Waals surface area contributed by atoms with Gasteiger partial charge in [-0.1, -0.05) is 6.07 Å². The third-order valence-electron chi connectivity index (χ3n) is 4.51. The highest BCUT2D eigenvalue weighted by molar-refractivity contribution is 5.74. The maximum atomic E-state index is 13.2. The van der Waals surface area contributed by atoms with E-state index in [-0.39, 0.29) is 17.9 Å². The van der Waals surface area contributed by atoms with Crippen LogP contribution in [0.25, 0.3) is 0 Å². The van der Waals surface area contributed by atoms with Gasteiger partial charge in [0.05, 0.1) is 26.3 Å². The second-order valence-electron chi connectivity index (χ2n) is 6.19. The summed E-state index contributed by atoms with van der Waals surface area (Å²) >= 11 is 0. The number of benzene rings is 1. The lowest BCUT2D eigenvalue weighted by Gasteiger charge is -2.20. The number of esters is 1. The molecule has 1 aromatic carbocycles. The van der Waals surface area contributed by atoms with E-state index in [1.807, 2.05) is 0 Å². The van der Waals surface area contributed by atoms with E-state index in [1.165, 1.54) is 23.8 Å². The first kappa shape index (κ1) is 19.0. The lowest BCUT2D eigenvalue weighted by atomic mass is 10.1. The SMILES string of the molecule is COC(=O)C1CCCc2nn(Cc3ccc(OC)c(C(F)(F)F)c3)c(=O)n21. The Morgan fingerprint density at radius 1 is 1.33 bits per heavy atom. The third-order valence-corrected chi connectivity index (χ3v) is 4.51. The van der Waals surface area contributed by atoms with Gasteiger partial charge in [0.25, 0.3) is 0 Å². The van der Waals surface area contributed by atoms with Gasteiger partial charge >= 0.3 is 17.8 Å². The van der Waals surface area contributed by atoms with Crippen LogP contribution in [0.1, 0.15) is 35.8 Å². The van der Waals surface area contributed by atoms with Crippen molar-refractivity contribution in [2.45, 2.75) is 38.0 Å². The van der Waals surface area contributed by atoms with Crippen molar-refractivity contribution in [3.8, 4) is 5.75 Å². The normalized spacial score (nSPS) is 16.7. The molecule has 3 rings (SSSR count). The highest BCUT2D eigenvalue weighted by Gasteiger charge is 2.35. The predicted octanol–water partition coefficient (Wildman–Crippen LogP) is 2.17. The van der Waals surface area contributed by atoms with Crippen LogP contribution in [0.2, 0.25) is 0 Å². The molecule has 2 heterocycles. The first-order chi connectivity index (χ1) is 12.8. The van der Waals surface area contributed by atoms with Crippen LogP contribution in [0.3, 0.4) is 0 Å². The first-order valence-corrected chi connectivity index (χ1v) is 8.26. The number of carbonyl (C=O) groups is 1. The summed E-state index contributed by atoms with van der Waals surface area (Å²) in [5.74, 6) is -0.416. The van der Waals surface area contributed by atoms with Crippen molar-refractivity contribution in [1.29, 1.82) is 0 Å². The van der Waals surface area contributed by atoms with Crippen LogP contribution in [0.5, 0.6) is 5.75 Å². The minimum atomic E-state index is -4.59. The Labute approximate surface area is 152 Å². The fourth-order valence-corrected chi connectivity index (χ4v) is 3.24. The van der Waals surface area contributed by atoms with E-state index in [4.69, 9.17) is 9.47 Å². The van der Waals surface area contributed by atoms with Gasteiger partial charge in [-0.15, -0.1) is 0 Å². The number of nitrogens with zero attached hydrogens (tertiary/aromatic N) is 3. The molecule has 1 aliphatic rings. The van der Waals surface area contributed by atoms with Crippen molar-refractivity contribution in [3.05, 3.63) is 45.6 Å². The molecule has 0 spiro atoms. The Morgan fingerprint density at radius 2 is 2.07 bits per heavy atom. The molecule has 0 fully saturated rings. The molecule has 27 heavy (non-hydrogen) atoms. The summed E-state index contributed by atoms with van der Waals surface area (Å²) in [6.07, 6.45) is -2.97. The number of halogens is 3. The summed E-state index contributed by atoms with van der Waals surface area (Å²) < 4.78 is 51.4. The molecule has 146 valence electrons. The summed E-state index contributed by atoms with van der Waals surface area (Å²) in [6, 6.07) is 2.82. The van der Waals surface area contributed by atoms with Crippen LogP contribution >= 0.6 is 0 Å². The number of carbonyl (C=O) groups excluding carboxylic acids is 1. The number of hydrogen-bond acceptors (Lipinski definition) is 5. The van der Waals surface area contributed by atoms with Gasteiger partial charge in [-0.2, -0.15) is 18.3 Å². The molecule has 2 aromatic rings. The number of rotatable bonds is 4. The van der Waals surface area contributed by atoms with Crippen LogP contribution in [-0.4, -0.2) is 34.5 Å². The van der Waals surface area contributed by atoms with E-state index in [0.717, 1.165) is 17.9 Å². The van der Waals surface area contributed by atoms with Crippen LogP contribution < -0.4 is 10.4 Å². The highest BCUT2D eigenvalue weighted by Crippen LogP contribution is 2.36. The molecule has 0 bridgehead atoms. The number of aromatic nitrogens is 3. The second-order valence-corrected chi connectivity index (χ2v) is 6.19. The average Bonchev–Trinajstić information content (AvgIpc) is 2.96. The number of fused-ring (bicyclic) bond motifs is 1. The summed E-state index contributed by atoms with van der Waals surface area (Å²) in [5, 5.41) is 4.19. The van der Waals surface area contributed by atoms with E-state index in [0.29, 0.717) is 25.1 Å². The molecule has 0 aliphatic carbocycles. The maximum Gasteiger partial charge on any atom is 0.419 e. The van der Waals surface area contributed by atoms with E-state index in [1.54, 1.807) is 0 Å². The number of alkyl halides is 3. The van der Waals surface area contributed by atoms with Gasteiger partial charge in [-0.3, -0.25) is 4.57 Å². The fourth-order valence-electron chi connectivity index (χ4n) is 3.24. The summed E-state index contributed by atoms with van der Waals surface area (Å²) in [7, 11) is 2.40. The molecule has 1 unspecified atom stereocenters. The van der Waals surface area contributed by atoms with Crippen molar-refractivity contribution < 1.29 is 27.4 Å². The standard InChI is InChI=1S/C17H18F3N3O4/c1-26-13-7-6-10(8-11(13)17(18,19)20)9-22-16(25)23-12(15(24)27-2)4-3-5-14(23)21-22/h6-8,12H,3-5,9H2,1-2H3. The quantitative estimate of drug-likeness (QED) is 0.754. The monoisotopic (exact) mass is 385 g/mol. The zero-order valence-corrected chi connectivity index (χ0v) is 14.7. The van der Waals surface area contributed by atoms with Crippen molar-refractivity contribution in [2.75, 3.05) is 14.2 Å². The largest absolute Gasteiger partial charge is 0.496 e. The molecule has 0 saturated heterocycles. The number of aryl methyl sites for hydroxylation is 1. The molecule has 1 aliphatic heterocycles. The van der Waals surface area contributed by atoms with Crippen molar-refractivity contribution >= 4 is 5.97 Å². The van der Waals surface area contributed by atoms with E-state index in [2.05, 4.69) is 5.10 Å². The lowest BCUT2D eigenvalue weighted by molar-refractivity contribution is -0.145. The zero-order valence-electron chi connectivity index (χ0n) is 14.7. The number of methoxy groups -OCH3 is 2. The highest BCUT2D eigenvalue weighted by atomic mass is 19.4. The Morgan fingerprint density at radius 3 is 2.70 bits per heavy atom. The first-order valence-electron chi connectivity index (χ1n) is 8.26. The molecule has 1 atom stereocenters. The zero-order chi connectivity index (χ0) is 19.8. The van der Waals surface area contributed by atoms with Gasteiger partial charge in [0.15, 0.2) is 0 Å². The van der Waals surface area contributed by atoms with Gasteiger partial charge in [0.2, 0.25) is 0 Å². The van der Waals surface area contributed by atoms with Crippen molar-refractivity contribution in [2.24, 2.45) is 0 Å². The van der Waals surface area contributed by atoms with Gasteiger partial charge in [0.1, 0.15) is 17.6 Å². The lowest BCUT2D eigenvalue weighted by Crippen LogP contribution is -2.35. The summed E-state index contributed by atoms with van der Waals surface area (Å²) in [5.41, 5.74) is -1.23. The molecule has 0 N–H and O–H groups in total. The van der Waals surface area contributed by atoms with Crippen LogP contribution in [0.15, 0.2) is 23.0 Å². The van der Waals surface area contributed by atoms with Gasteiger partial charge in [-0.05, 0) is 30.5 Å². The van der Waals surface area contributed by atoms with Crippen LogP contribution in [0, 0.1) is 0 Å². The molecule has 0 amide bonds. The Kier molecular flexibility index (Phi) is 4.99. The minimum Gasteiger partial charge on any atom is -0.496 e. The molecule has 10 heteroatoms. The molecular formula is C17H18F3N3O4. The topological polar surface area (TPSA) is 75.3 Å². The van der Waals surface area contributed by atoms with Crippen molar-refractivity contribution in [1.82, 2.24) is 14.3 Å². The fraction of sp³-hybridized carbons (Fsp3) is 0.471. The maximum absolute atomic E-state index is 13.2. The van der Waals surface area contributed by atoms with Crippen molar-refractivity contribution in [3.63, 3.8) is 0 Å². The predicted molar refractivity (Wildman–Crippen MR) is 87.6 cm³/mol.